The number of nitrogens with one attached hydrogen (secondary N) is 1. The van der Waals surface area contributed by atoms with Gasteiger partial charge in [0.1, 0.15) is 6.61 Å². The van der Waals surface area contributed by atoms with Gasteiger partial charge in [-0.05, 0) is 12.8 Å². The van der Waals surface area contributed by atoms with Gasteiger partial charge in [0.05, 0.1) is 19.8 Å². The van der Waals surface area contributed by atoms with Crippen LogP contribution in [0.4, 0.5) is 13.2 Å². The number of rotatable bonds is 5. The Morgan fingerprint density at radius 1 is 1.16 bits per heavy atom. The van der Waals surface area contributed by atoms with Crippen molar-refractivity contribution in [2.45, 2.75) is 43.7 Å². The van der Waals surface area contributed by atoms with Crippen molar-refractivity contribution in [1.82, 2.24) is 5.32 Å². The minimum atomic E-state index is -4.24. The molecule has 2 fully saturated rings. The normalized spacial score (nSPS) is 24.2. The van der Waals surface area contributed by atoms with Crippen LogP contribution in [0.5, 0.6) is 0 Å². The quantitative estimate of drug-likeness (QED) is 0.782. The van der Waals surface area contributed by atoms with E-state index in [1.807, 2.05) is 0 Å². The molecule has 1 spiro atoms. The molecule has 0 bridgehead atoms. The summed E-state index contributed by atoms with van der Waals surface area (Å²) in [5.41, 5.74) is 0. The molecule has 1 aliphatic carbocycles. The van der Waals surface area contributed by atoms with E-state index < -0.39 is 12.8 Å². The van der Waals surface area contributed by atoms with Gasteiger partial charge in [0.15, 0.2) is 5.79 Å². The SMILES string of the molecule is FC(F)(F)COCCNC1CCC2(CC1)OCCO2. The summed E-state index contributed by atoms with van der Waals surface area (Å²) in [6.07, 6.45) is -0.727. The number of halogens is 3. The molecule has 2 aliphatic rings. The first kappa shape index (κ1) is 15.0. The fourth-order valence-corrected chi connectivity index (χ4v) is 2.57. The van der Waals surface area contributed by atoms with Crippen molar-refractivity contribution in [3.63, 3.8) is 0 Å². The predicted molar refractivity (Wildman–Crippen MR) is 61.8 cm³/mol. The highest BCUT2D eigenvalue weighted by Crippen LogP contribution is 2.35. The molecule has 4 nitrogen and oxygen atoms in total. The molecule has 7 heteroatoms. The van der Waals surface area contributed by atoms with E-state index in [0.29, 0.717) is 25.8 Å². The van der Waals surface area contributed by atoms with Gasteiger partial charge < -0.3 is 19.5 Å². The Morgan fingerprint density at radius 2 is 1.79 bits per heavy atom. The average Bonchev–Trinajstić information content (AvgIpc) is 2.79. The van der Waals surface area contributed by atoms with Crippen molar-refractivity contribution in [3.8, 4) is 0 Å². The molecule has 19 heavy (non-hydrogen) atoms. The van der Waals surface area contributed by atoms with Gasteiger partial charge in [-0.25, -0.2) is 0 Å². The summed E-state index contributed by atoms with van der Waals surface area (Å²) in [6.45, 7) is 0.653. The van der Waals surface area contributed by atoms with E-state index in [-0.39, 0.29) is 12.4 Å². The lowest BCUT2D eigenvalue weighted by Crippen LogP contribution is -2.42. The molecule has 1 saturated heterocycles. The smallest absolute Gasteiger partial charge is 0.371 e. The Hall–Kier alpha value is -0.370. The minimum Gasteiger partial charge on any atom is -0.371 e. The van der Waals surface area contributed by atoms with Gasteiger partial charge in [0, 0.05) is 25.4 Å². The Balaban J connectivity index is 1.54. The first-order chi connectivity index (χ1) is 8.99. The van der Waals surface area contributed by atoms with E-state index in [2.05, 4.69) is 10.1 Å². The molecule has 0 amide bonds. The van der Waals surface area contributed by atoms with Crippen LogP contribution < -0.4 is 5.32 Å². The van der Waals surface area contributed by atoms with E-state index in [1.54, 1.807) is 0 Å². The molecule has 2 rings (SSSR count). The van der Waals surface area contributed by atoms with Gasteiger partial charge in [-0.1, -0.05) is 0 Å². The van der Waals surface area contributed by atoms with Crippen LogP contribution in [-0.4, -0.2) is 51.0 Å². The maximum atomic E-state index is 11.8. The highest BCUT2D eigenvalue weighted by molar-refractivity contribution is 4.85. The van der Waals surface area contributed by atoms with E-state index in [4.69, 9.17) is 9.47 Å². The number of ether oxygens (including phenoxy) is 3. The van der Waals surface area contributed by atoms with Gasteiger partial charge in [-0.2, -0.15) is 13.2 Å². The Labute approximate surface area is 110 Å². The molecule has 0 aromatic carbocycles. The lowest BCUT2D eigenvalue weighted by Gasteiger charge is -2.35. The van der Waals surface area contributed by atoms with Gasteiger partial charge in [0.2, 0.25) is 0 Å². The van der Waals surface area contributed by atoms with Crippen molar-refractivity contribution in [1.29, 1.82) is 0 Å². The molecular formula is C12H20F3NO3. The molecular weight excluding hydrogens is 263 g/mol. The molecule has 1 aliphatic heterocycles. The zero-order chi connectivity index (χ0) is 13.8. The van der Waals surface area contributed by atoms with Crippen LogP contribution in [0.1, 0.15) is 25.7 Å². The molecule has 0 unspecified atom stereocenters. The van der Waals surface area contributed by atoms with Gasteiger partial charge in [0.25, 0.3) is 0 Å². The van der Waals surface area contributed by atoms with E-state index in [1.165, 1.54) is 0 Å². The highest BCUT2D eigenvalue weighted by atomic mass is 19.4. The Kier molecular flexibility index (Phi) is 5.05. The van der Waals surface area contributed by atoms with Gasteiger partial charge >= 0.3 is 6.18 Å². The standard InChI is InChI=1S/C12H20F3NO3/c13-12(14,15)9-17-6-5-16-10-1-3-11(4-2-10)18-7-8-19-11/h10,16H,1-9H2. The maximum Gasteiger partial charge on any atom is 0.411 e. The fraction of sp³-hybridized carbons (Fsp3) is 1.00. The topological polar surface area (TPSA) is 39.7 Å². The lowest BCUT2D eigenvalue weighted by atomic mass is 9.90. The fourth-order valence-electron chi connectivity index (χ4n) is 2.57. The van der Waals surface area contributed by atoms with E-state index >= 15 is 0 Å². The largest absolute Gasteiger partial charge is 0.411 e. The molecule has 0 atom stereocenters. The third kappa shape index (κ3) is 4.91. The summed E-state index contributed by atoms with van der Waals surface area (Å²) in [4.78, 5) is 0. The summed E-state index contributed by atoms with van der Waals surface area (Å²) in [6, 6.07) is 0.313. The maximum absolute atomic E-state index is 11.8. The van der Waals surface area contributed by atoms with Crippen molar-refractivity contribution in [2.75, 3.05) is 33.0 Å². The lowest BCUT2D eigenvalue weighted by molar-refractivity contribution is -0.180. The van der Waals surface area contributed by atoms with Crippen LogP contribution in [0.3, 0.4) is 0 Å². The van der Waals surface area contributed by atoms with Crippen molar-refractivity contribution < 1.29 is 27.4 Å². The highest BCUT2D eigenvalue weighted by Gasteiger charge is 2.40. The summed E-state index contributed by atoms with van der Waals surface area (Å²) >= 11 is 0. The molecule has 0 aromatic rings. The number of alkyl halides is 3. The second-order valence-electron chi connectivity index (χ2n) is 5.00. The van der Waals surface area contributed by atoms with E-state index in [0.717, 1.165) is 25.7 Å². The first-order valence-electron chi connectivity index (χ1n) is 6.65. The summed E-state index contributed by atoms with van der Waals surface area (Å²) in [5, 5.41) is 3.21. The van der Waals surface area contributed by atoms with Crippen LogP contribution in [-0.2, 0) is 14.2 Å². The van der Waals surface area contributed by atoms with Crippen LogP contribution in [0.25, 0.3) is 0 Å². The molecule has 0 radical (unpaired) electrons. The van der Waals surface area contributed by atoms with Crippen LogP contribution in [0.15, 0.2) is 0 Å². The summed E-state index contributed by atoms with van der Waals surface area (Å²) < 4.78 is 51.3. The summed E-state index contributed by atoms with van der Waals surface area (Å²) in [5.74, 6) is -0.384. The third-order valence-electron chi connectivity index (χ3n) is 3.51. The first-order valence-corrected chi connectivity index (χ1v) is 6.65. The average molecular weight is 283 g/mol. The zero-order valence-corrected chi connectivity index (χ0v) is 10.8. The number of hydrogen-bond acceptors (Lipinski definition) is 4. The third-order valence-corrected chi connectivity index (χ3v) is 3.51. The van der Waals surface area contributed by atoms with Gasteiger partial charge in [-0.3, -0.25) is 0 Å². The summed E-state index contributed by atoms with van der Waals surface area (Å²) in [7, 11) is 0. The Morgan fingerprint density at radius 3 is 2.37 bits per heavy atom. The predicted octanol–water partition coefficient (Wildman–Crippen LogP) is 1.84. The van der Waals surface area contributed by atoms with E-state index in [9.17, 15) is 13.2 Å². The second kappa shape index (κ2) is 6.39. The minimum absolute atomic E-state index is 0.0775. The number of hydrogen-bond donors (Lipinski definition) is 1. The van der Waals surface area contributed by atoms with Crippen LogP contribution in [0, 0.1) is 0 Å². The molecule has 0 aromatic heterocycles. The molecule has 1 heterocycles. The van der Waals surface area contributed by atoms with Crippen molar-refractivity contribution in [2.24, 2.45) is 0 Å². The zero-order valence-electron chi connectivity index (χ0n) is 10.8. The van der Waals surface area contributed by atoms with Crippen molar-refractivity contribution in [3.05, 3.63) is 0 Å². The second-order valence-corrected chi connectivity index (χ2v) is 5.00. The van der Waals surface area contributed by atoms with Crippen molar-refractivity contribution >= 4 is 0 Å². The monoisotopic (exact) mass is 283 g/mol. The van der Waals surface area contributed by atoms with Crippen LogP contribution in [0.2, 0.25) is 0 Å². The van der Waals surface area contributed by atoms with Crippen LogP contribution >= 0.6 is 0 Å². The van der Waals surface area contributed by atoms with Gasteiger partial charge in [-0.15, -0.1) is 0 Å². The molecule has 1 saturated carbocycles. The Bertz CT molecular complexity index is 270. The molecule has 1 N–H and O–H groups in total. The molecule has 112 valence electrons.